The van der Waals surface area contributed by atoms with Crippen LogP contribution in [0.1, 0.15) is 19.8 Å². The van der Waals surface area contributed by atoms with Crippen molar-refractivity contribution < 1.29 is 0 Å². The molecule has 1 N–H and O–H groups in total. The fourth-order valence-electron chi connectivity index (χ4n) is 3.85. The van der Waals surface area contributed by atoms with Crippen molar-refractivity contribution in [2.45, 2.75) is 31.8 Å². The van der Waals surface area contributed by atoms with Gasteiger partial charge in [-0.2, -0.15) is 0 Å². The van der Waals surface area contributed by atoms with Crippen molar-refractivity contribution in [2.24, 2.45) is 5.92 Å². The van der Waals surface area contributed by atoms with E-state index in [4.69, 9.17) is 23.2 Å². The first-order chi connectivity index (χ1) is 10.1. The van der Waals surface area contributed by atoms with E-state index in [-0.39, 0.29) is 0 Å². The lowest BCUT2D eigenvalue weighted by Gasteiger charge is -2.37. The zero-order valence-electron chi connectivity index (χ0n) is 11.9. The van der Waals surface area contributed by atoms with E-state index in [0.717, 1.165) is 12.2 Å². The lowest BCUT2D eigenvalue weighted by atomic mass is 9.84. The molecule has 3 aliphatic rings. The van der Waals surface area contributed by atoms with E-state index in [2.05, 4.69) is 29.4 Å². The van der Waals surface area contributed by atoms with Crippen LogP contribution >= 0.6 is 23.2 Å². The fraction of sp³-hybridized carbons (Fsp3) is 0.412. The minimum atomic E-state index is 0.563. The summed E-state index contributed by atoms with van der Waals surface area (Å²) >= 11 is 12.2. The Hall–Kier alpha value is -0.960. The number of hydrogen-bond donors (Lipinski definition) is 1. The van der Waals surface area contributed by atoms with Crippen molar-refractivity contribution in [1.29, 1.82) is 0 Å². The Balaban J connectivity index is 1.65. The van der Waals surface area contributed by atoms with Crippen LogP contribution in [0.2, 0.25) is 10.0 Å². The van der Waals surface area contributed by atoms with Crippen LogP contribution in [0.3, 0.4) is 0 Å². The quantitative estimate of drug-likeness (QED) is 0.825. The van der Waals surface area contributed by atoms with E-state index in [1.165, 1.54) is 18.4 Å². The summed E-state index contributed by atoms with van der Waals surface area (Å²) in [4.78, 5) is 2.27. The maximum atomic E-state index is 6.15. The van der Waals surface area contributed by atoms with Crippen LogP contribution in [0.25, 0.3) is 0 Å². The molecule has 0 spiro atoms. The standard InChI is InChI=1S/C17H18Cl2N2/c1-10-13-9-21(11-2-3-14(18)15(19)8-11)7-6-12(13)17-5-4-16(10)20-17/h2-3,6-8,10,16-17,20H,4-5,9H2,1H3. The van der Waals surface area contributed by atoms with Crippen molar-refractivity contribution in [3.05, 3.63) is 51.7 Å². The number of halogens is 2. The minimum Gasteiger partial charge on any atom is -0.344 e. The third-order valence-electron chi connectivity index (χ3n) is 5.09. The summed E-state index contributed by atoms with van der Waals surface area (Å²) in [7, 11) is 0. The van der Waals surface area contributed by atoms with Crippen molar-refractivity contribution in [1.82, 2.24) is 5.32 Å². The first-order valence-corrected chi connectivity index (χ1v) is 8.28. The third kappa shape index (κ3) is 2.21. The van der Waals surface area contributed by atoms with Gasteiger partial charge in [-0.3, -0.25) is 0 Å². The number of anilines is 1. The van der Waals surface area contributed by atoms with Crippen LogP contribution in [0.4, 0.5) is 5.69 Å². The van der Waals surface area contributed by atoms with Crippen LogP contribution in [0.15, 0.2) is 41.6 Å². The molecular weight excluding hydrogens is 303 g/mol. The Kier molecular flexibility index (Phi) is 3.29. The Bertz CT molecular complexity index is 650. The first-order valence-electron chi connectivity index (χ1n) is 7.52. The van der Waals surface area contributed by atoms with Crippen LogP contribution < -0.4 is 10.2 Å². The predicted molar refractivity (Wildman–Crippen MR) is 89.1 cm³/mol. The number of fused-ring (bicyclic) bond motifs is 3. The molecule has 0 aliphatic carbocycles. The Morgan fingerprint density at radius 1 is 1.19 bits per heavy atom. The molecule has 0 amide bonds. The molecule has 3 unspecified atom stereocenters. The fourth-order valence-corrected chi connectivity index (χ4v) is 4.14. The van der Waals surface area contributed by atoms with Crippen molar-refractivity contribution >= 4 is 28.9 Å². The molecule has 1 fully saturated rings. The summed E-state index contributed by atoms with van der Waals surface area (Å²) in [5.41, 5.74) is 4.19. The molecule has 0 saturated carbocycles. The van der Waals surface area contributed by atoms with E-state index in [9.17, 15) is 0 Å². The average molecular weight is 321 g/mol. The predicted octanol–water partition coefficient (Wildman–Crippen LogP) is 4.39. The topological polar surface area (TPSA) is 15.3 Å². The van der Waals surface area contributed by atoms with Gasteiger partial charge in [-0.15, -0.1) is 0 Å². The lowest BCUT2D eigenvalue weighted by Crippen LogP contribution is -2.44. The molecule has 21 heavy (non-hydrogen) atoms. The molecule has 110 valence electrons. The van der Waals surface area contributed by atoms with E-state index >= 15 is 0 Å². The maximum Gasteiger partial charge on any atom is 0.0613 e. The second-order valence-electron chi connectivity index (χ2n) is 6.21. The molecule has 3 atom stereocenters. The number of benzene rings is 1. The molecule has 0 radical (unpaired) electrons. The van der Waals surface area contributed by atoms with Crippen LogP contribution in [-0.4, -0.2) is 18.6 Å². The lowest BCUT2D eigenvalue weighted by molar-refractivity contribution is 0.425. The molecular formula is C17H18Cl2N2. The van der Waals surface area contributed by atoms with Gasteiger partial charge in [0.1, 0.15) is 0 Å². The Labute approximate surface area is 135 Å². The van der Waals surface area contributed by atoms with Crippen LogP contribution in [0.5, 0.6) is 0 Å². The third-order valence-corrected chi connectivity index (χ3v) is 5.83. The minimum absolute atomic E-state index is 0.563. The van der Waals surface area contributed by atoms with Gasteiger partial charge in [0.15, 0.2) is 0 Å². The SMILES string of the molecule is CC1C2=C(C=CN(c3ccc(Cl)c(Cl)c3)C2)C2CCC1N2. The molecule has 1 aromatic rings. The van der Waals surface area contributed by atoms with Gasteiger partial charge in [0.25, 0.3) is 0 Å². The average Bonchev–Trinajstić information content (AvgIpc) is 2.94. The second kappa shape index (κ2) is 5.05. The van der Waals surface area contributed by atoms with E-state index in [0.29, 0.717) is 28.0 Å². The Morgan fingerprint density at radius 2 is 2.05 bits per heavy atom. The number of nitrogens with one attached hydrogen (secondary N) is 1. The summed E-state index contributed by atoms with van der Waals surface area (Å²) < 4.78 is 0. The zero-order chi connectivity index (χ0) is 14.6. The van der Waals surface area contributed by atoms with Gasteiger partial charge in [-0.25, -0.2) is 0 Å². The first kappa shape index (κ1) is 13.7. The van der Waals surface area contributed by atoms with E-state index < -0.39 is 0 Å². The molecule has 3 aliphatic heterocycles. The molecule has 2 bridgehead atoms. The molecule has 3 heterocycles. The van der Waals surface area contributed by atoms with Gasteiger partial charge in [-0.05, 0) is 54.2 Å². The van der Waals surface area contributed by atoms with Gasteiger partial charge >= 0.3 is 0 Å². The Morgan fingerprint density at radius 3 is 2.86 bits per heavy atom. The number of hydrogen-bond acceptors (Lipinski definition) is 2. The van der Waals surface area contributed by atoms with Gasteiger partial charge in [-0.1, -0.05) is 30.1 Å². The van der Waals surface area contributed by atoms with Crippen LogP contribution in [0, 0.1) is 5.92 Å². The largest absolute Gasteiger partial charge is 0.344 e. The van der Waals surface area contributed by atoms with Gasteiger partial charge < -0.3 is 10.2 Å². The molecule has 1 aromatic carbocycles. The molecule has 4 heteroatoms. The number of rotatable bonds is 1. The van der Waals surface area contributed by atoms with Crippen molar-refractivity contribution in [2.75, 3.05) is 11.4 Å². The van der Waals surface area contributed by atoms with Crippen LogP contribution in [-0.2, 0) is 0 Å². The number of nitrogens with zero attached hydrogens (tertiary/aromatic N) is 1. The highest BCUT2D eigenvalue weighted by molar-refractivity contribution is 6.42. The smallest absolute Gasteiger partial charge is 0.0613 e. The van der Waals surface area contributed by atoms with Crippen molar-refractivity contribution in [3.63, 3.8) is 0 Å². The van der Waals surface area contributed by atoms with Gasteiger partial charge in [0, 0.05) is 30.5 Å². The van der Waals surface area contributed by atoms with Gasteiger partial charge in [0.05, 0.1) is 10.0 Å². The second-order valence-corrected chi connectivity index (χ2v) is 7.03. The molecule has 0 aromatic heterocycles. The molecule has 4 rings (SSSR count). The highest BCUT2D eigenvalue weighted by Gasteiger charge is 2.39. The summed E-state index contributed by atoms with van der Waals surface area (Å²) in [6, 6.07) is 7.06. The summed E-state index contributed by atoms with van der Waals surface area (Å²) in [6.07, 6.45) is 7.01. The molecule has 2 nitrogen and oxygen atoms in total. The van der Waals surface area contributed by atoms with Crippen molar-refractivity contribution in [3.8, 4) is 0 Å². The van der Waals surface area contributed by atoms with E-state index in [1.807, 2.05) is 18.2 Å². The maximum absolute atomic E-state index is 6.15. The summed E-state index contributed by atoms with van der Waals surface area (Å²) in [5, 5.41) is 4.96. The normalized spacial score (nSPS) is 30.8. The molecule has 1 saturated heterocycles. The van der Waals surface area contributed by atoms with Gasteiger partial charge in [0.2, 0.25) is 0 Å². The summed E-state index contributed by atoms with van der Waals surface area (Å²) in [5.74, 6) is 0.606. The zero-order valence-corrected chi connectivity index (χ0v) is 13.5. The highest BCUT2D eigenvalue weighted by Crippen LogP contribution is 2.39. The van der Waals surface area contributed by atoms with E-state index in [1.54, 1.807) is 5.57 Å². The monoisotopic (exact) mass is 320 g/mol. The summed E-state index contributed by atoms with van der Waals surface area (Å²) in [6.45, 7) is 3.31. The highest BCUT2D eigenvalue weighted by atomic mass is 35.5.